The molecule has 0 amide bonds. The summed E-state index contributed by atoms with van der Waals surface area (Å²) in [6.07, 6.45) is -0.730. The van der Waals surface area contributed by atoms with Crippen molar-refractivity contribution in [1.29, 1.82) is 0 Å². The monoisotopic (exact) mass is 133 g/mol. The van der Waals surface area contributed by atoms with Crippen molar-refractivity contribution in [3.63, 3.8) is 0 Å². The van der Waals surface area contributed by atoms with Crippen LogP contribution in [0.1, 0.15) is 0 Å². The van der Waals surface area contributed by atoms with Crippen LogP contribution in [-0.4, -0.2) is 27.0 Å². The Morgan fingerprint density at radius 2 is 2.22 bits per heavy atom. The van der Waals surface area contributed by atoms with Crippen molar-refractivity contribution in [2.45, 2.75) is 0 Å². The first-order chi connectivity index (χ1) is 4.31. The summed E-state index contributed by atoms with van der Waals surface area (Å²) in [5.74, 6) is 0. The van der Waals surface area contributed by atoms with Crippen LogP contribution in [0.25, 0.3) is 0 Å². The molecular formula is C5H9O4. The van der Waals surface area contributed by atoms with Crippen molar-refractivity contribution in [2.24, 2.45) is 0 Å². The number of ether oxygens (including phenoxy) is 3. The van der Waals surface area contributed by atoms with E-state index in [1.54, 1.807) is 0 Å². The molecule has 0 aliphatic rings. The van der Waals surface area contributed by atoms with Gasteiger partial charge in [-0.15, -0.1) is 0 Å². The fourth-order valence-electron chi connectivity index (χ4n) is 0.218. The molecule has 0 aliphatic carbocycles. The summed E-state index contributed by atoms with van der Waals surface area (Å²) in [7, 11) is 2.74. The van der Waals surface area contributed by atoms with Crippen LogP contribution >= 0.6 is 0 Å². The first kappa shape index (κ1) is 8.23. The molecule has 53 valence electrons. The lowest BCUT2D eigenvalue weighted by atomic mass is 10.8. The molecule has 4 heteroatoms. The van der Waals surface area contributed by atoms with Gasteiger partial charge in [-0.2, -0.15) is 0 Å². The van der Waals surface area contributed by atoms with E-state index in [1.165, 1.54) is 20.8 Å². The topological polar surface area (TPSA) is 44.8 Å². The van der Waals surface area contributed by atoms with E-state index in [-0.39, 0.29) is 6.61 Å². The van der Waals surface area contributed by atoms with Gasteiger partial charge >= 0.3 is 6.16 Å². The number of hydrogen-bond donors (Lipinski definition) is 0. The summed E-state index contributed by atoms with van der Waals surface area (Å²) >= 11 is 0. The van der Waals surface area contributed by atoms with Crippen LogP contribution < -0.4 is 0 Å². The Balaban J connectivity index is 2.97. The molecule has 0 saturated heterocycles. The Kier molecular flexibility index (Phi) is 4.91. The van der Waals surface area contributed by atoms with Gasteiger partial charge in [-0.25, -0.2) is 4.79 Å². The second-order valence-electron chi connectivity index (χ2n) is 1.19. The first-order valence-corrected chi connectivity index (χ1v) is 2.36. The average molecular weight is 133 g/mol. The van der Waals surface area contributed by atoms with E-state index in [2.05, 4.69) is 14.2 Å². The fourth-order valence-corrected chi connectivity index (χ4v) is 0.218. The van der Waals surface area contributed by atoms with Gasteiger partial charge in [0.15, 0.2) is 6.61 Å². The molecular weight excluding hydrogens is 124 g/mol. The van der Waals surface area contributed by atoms with E-state index < -0.39 is 6.16 Å². The standard InChI is InChI=1S/C5H9O4/c1-7-3-4-9-5(6)8-2/h4H,3H2,1-2H3. The lowest BCUT2D eigenvalue weighted by Crippen LogP contribution is -2.04. The van der Waals surface area contributed by atoms with Crippen molar-refractivity contribution < 1.29 is 19.0 Å². The molecule has 0 aliphatic heterocycles. The van der Waals surface area contributed by atoms with E-state index in [0.717, 1.165) is 0 Å². The molecule has 1 radical (unpaired) electrons. The van der Waals surface area contributed by atoms with Crippen molar-refractivity contribution in [2.75, 3.05) is 20.8 Å². The lowest BCUT2D eigenvalue weighted by Gasteiger charge is -1.98. The van der Waals surface area contributed by atoms with Gasteiger partial charge < -0.3 is 14.2 Å². The molecule has 0 heterocycles. The highest BCUT2D eigenvalue weighted by molar-refractivity contribution is 5.59. The molecule has 4 nitrogen and oxygen atoms in total. The van der Waals surface area contributed by atoms with E-state index in [9.17, 15) is 4.79 Å². The van der Waals surface area contributed by atoms with E-state index in [1.807, 2.05) is 0 Å². The molecule has 0 fully saturated rings. The zero-order chi connectivity index (χ0) is 7.11. The van der Waals surface area contributed by atoms with E-state index >= 15 is 0 Å². The highest BCUT2D eigenvalue weighted by Crippen LogP contribution is 1.85. The Labute approximate surface area is 53.7 Å². The maximum absolute atomic E-state index is 10.2. The van der Waals surface area contributed by atoms with Gasteiger partial charge in [0.1, 0.15) is 0 Å². The number of carbonyl (C=O) groups is 1. The maximum Gasteiger partial charge on any atom is 0.508 e. The lowest BCUT2D eigenvalue weighted by molar-refractivity contribution is 0.0767. The number of methoxy groups -OCH3 is 2. The first-order valence-electron chi connectivity index (χ1n) is 2.36. The van der Waals surface area contributed by atoms with Crippen molar-refractivity contribution in [3.05, 3.63) is 6.61 Å². The summed E-state index contributed by atoms with van der Waals surface area (Å²) in [4.78, 5) is 10.2. The molecule has 0 N–H and O–H groups in total. The summed E-state index contributed by atoms with van der Waals surface area (Å²) in [5.41, 5.74) is 0. The maximum atomic E-state index is 10.2. The molecule has 0 atom stereocenters. The SMILES string of the molecule is COC[CH]OC(=O)OC. The molecule has 0 aromatic carbocycles. The molecule has 0 aromatic heterocycles. The largest absolute Gasteiger partial charge is 0.508 e. The summed E-state index contributed by atoms with van der Waals surface area (Å²) in [6.45, 7) is 1.49. The third-order valence-corrected chi connectivity index (χ3v) is 0.581. The van der Waals surface area contributed by atoms with Gasteiger partial charge in [0.05, 0.1) is 13.7 Å². The van der Waals surface area contributed by atoms with Crippen LogP contribution in [0, 0.1) is 6.61 Å². The van der Waals surface area contributed by atoms with Gasteiger partial charge in [0.25, 0.3) is 0 Å². The van der Waals surface area contributed by atoms with E-state index in [0.29, 0.717) is 0 Å². The zero-order valence-corrected chi connectivity index (χ0v) is 5.42. The summed E-state index contributed by atoms with van der Waals surface area (Å²) in [5, 5.41) is 0. The van der Waals surface area contributed by atoms with Crippen LogP contribution in [0.15, 0.2) is 0 Å². The van der Waals surface area contributed by atoms with Crippen molar-refractivity contribution in [3.8, 4) is 0 Å². The smallest absolute Gasteiger partial charge is 0.438 e. The van der Waals surface area contributed by atoms with E-state index in [4.69, 9.17) is 0 Å². The normalized spacial score (nSPS) is 8.67. The highest BCUT2D eigenvalue weighted by Gasteiger charge is 1.97. The van der Waals surface area contributed by atoms with Gasteiger partial charge in [-0.3, -0.25) is 0 Å². The predicted molar refractivity (Wildman–Crippen MR) is 29.7 cm³/mol. The summed E-state index contributed by atoms with van der Waals surface area (Å²) in [6, 6.07) is 0. The minimum atomic E-state index is -0.730. The third kappa shape index (κ3) is 5.10. The van der Waals surface area contributed by atoms with Crippen LogP contribution in [-0.2, 0) is 14.2 Å². The van der Waals surface area contributed by atoms with Crippen LogP contribution in [0.4, 0.5) is 4.79 Å². The zero-order valence-electron chi connectivity index (χ0n) is 5.42. The molecule has 9 heavy (non-hydrogen) atoms. The van der Waals surface area contributed by atoms with Crippen LogP contribution in [0.5, 0.6) is 0 Å². The number of carbonyl (C=O) groups excluding carboxylic acids is 1. The van der Waals surface area contributed by atoms with Crippen molar-refractivity contribution >= 4 is 6.16 Å². The second kappa shape index (κ2) is 5.37. The minimum absolute atomic E-state index is 0.273. The van der Waals surface area contributed by atoms with Gasteiger partial charge in [0.2, 0.25) is 0 Å². The Morgan fingerprint density at radius 3 is 2.67 bits per heavy atom. The quantitative estimate of drug-likeness (QED) is 0.417. The summed E-state index contributed by atoms with van der Waals surface area (Å²) < 4.78 is 13.0. The Bertz CT molecular complexity index is 81.0. The Morgan fingerprint density at radius 1 is 1.56 bits per heavy atom. The van der Waals surface area contributed by atoms with Gasteiger partial charge in [0, 0.05) is 7.11 Å². The second-order valence-corrected chi connectivity index (χ2v) is 1.19. The highest BCUT2D eigenvalue weighted by atomic mass is 16.7. The predicted octanol–water partition coefficient (Wildman–Crippen LogP) is 0.578. The fraction of sp³-hybridized carbons (Fsp3) is 0.600. The van der Waals surface area contributed by atoms with Crippen LogP contribution in [0.3, 0.4) is 0 Å². The average Bonchev–Trinajstić information content (AvgIpc) is 1.89. The molecule has 0 bridgehead atoms. The van der Waals surface area contributed by atoms with Gasteiger partial charge in [-0.1, -0.05) is 0 Å². The number of rotatable bonds is 3. The molecule has 0 saturated carbocycles. The minimum Gasteiger partial charge on any atom is -0.438 e. The number of hydrogen-bond acceptors (Lipinski definition) is 4. The molecule has 0 aromatic rings. The molecule has 0 spiro atoms. The Hall–Kier alpha value is -0.770. The van der Waals surface area contributed by atoms with Gasteiger partial charge in [-0.05, 0) is 0 Å². The van der Waals surface area contributed by atoms with Crippen molar-refractivity contribution in [1.82, 2.24) is 0 Å². The molecule has 0 unspecified atom stereocenters. The third-order valence-electron chi connectivity index (χ3n) is 0.581. The molecule has 0 rings (SSSR count). The van der Waals surface area contributed by atoms with Crippen LogP contribution in [0.2, 0.25) is 0 Å².